The lowest BCUT2D eigenvalue weighted by molar-refractivity contribution is -0.122. The van der Waals surface area contributed by atoms with Crippen LogP contribution in [0.3, 0.4) is 0 Å². The van der Waals surface area contributed by atoms with Gasteiger partial charge in [0, 0.05) is 6.42 Å². The topological polar surface area (TPSA) is 104 Å². The average molecular weight is 690 g/mol. The Kier molecular flexibility index (Phi) is 33.0. The highest BCUT2D eigenvalue weighted by Crippen LogP contribution is 2.12. The van der Waals surface area contributed by atoms with Crippen molar-refractivity contribution in [2.75, 3.05) is 5.75 Å². The summed E-state index contributed by atoms with van der Waals surface area (Å²) in [6, 6.07) is -1.07. The molecule has 0 radical (unpaired) electrons. The number of allylic oxidation sites excluding steroid dienone is 11. The molecule has 0 aromatic rings. The lowest BCUT2D eigenvalue weighted by atomic mass is 10.1. The number of aliphatic hydroxyl groups excluding tert-OH is 1. The molecule has 7 heteroatoms. The van der Waals surface area contributed by atoms with Gasteiger partial charge in [-0.3, -0.25) is 9.35 Å². The van der Waals surface area contributed by atoms with Gasteiger partial charge in [-0.25, -0.2) is 0 Å². The molecule has 276 valence electrons. The molecule has 0 bridgehead atoms. The molecule has 48 heavy (non-hydrogen) atoms. The Morgan fingerprint density at radius 2 is 1.00 bits per heavy atom. The van der Waals surface area contributed by atoms with E-state index in [1.54, 1.807) is 6.08 Å². The maximum absolute atomic E-state index is 12.5. The number of hydrogen-bond donors (Lipinski definition) is 3. The van der Waals surface area contributed by atoms with Crippen molar-refractivity contribution in [2.45, 2.75) is 174 Å². The van der Waals surface area contributed by atoms with Crippen LogP contribution in [-0.4, -0.2) is 41.9 Å². The molecule has 0 aliphatic rings. The number of hydrogen-bond acceptors (Lipinski definition) is 4. The quantitative estimate of drug-likeness (QED) is 0.0361. The highest BCUT2D eigenvalue weighted by Gasteiger charge is 2.24. The predicted octanol–water partition coefficient (Wildman–Crippen LogP) is 11.1. The first kappa shape index (κ1) is 45.8. The van der Waals surface area contributed by atoms with E-state index in [0.717, 1.165) is 83.5 Å². The van der Waals surface area contributed by atoms with Gasteiger partial charge in [0.1, 0.15) is 0 Å². The summed E-state index contributed by atoms with van der Waals surface area (Å²) in [6.45, 7) is 4.38. The molecule has 0 aromatic heterocycles. The lowest BCUT2D eigenvalue weighted by Crippen LogP contribution is -2.46. The van der Waals surface area contributed by atoms with Gasteiger partial charge in [0.2, 0.25) is 5.91 Å². The number of nitrogens with one attached hydrogen (secondary N) is 1. The lowest BCUT2D eigenvalue weighted by Gasteiger charge is -2.21. The van der Waals surface area contributed by atoms with Crippen molar-refractivity contribution in [2.24, 2.45) is 0 Å². The van der Waals surface area contributed by atoms with E-state index < -0.39 is 28.0 Å². The van der Waals surface area contributed by atoms with E-state index in [0.29, 0.717) is 6.42 Å². The van der Waals surface area contributed by atoms with Crippen LogP contribution in [-0.2, 0) is 14.9 Å². The van der Waals surface area contributed by atoms with Gasteiger partial charge in [0.15, 0.2) is 0 Å². The van der Waals surface area contributed by atoms with E-state index in [1.807, 2.05) is 6.08 Å². The van der Waals surface area contributed by atoms with Gasteiger partial charge in [-0.15, -0.1) is 0 Å². The molecule has 0 saturated heterocycles. The maximum Gasteiger partial charge on any atom is 0.267 e. The number of unbranched alkanes of at least 4 members (excludes halogenated alkanes) is 15. The average Bonchev–Trinajstić information content (AvgIpc) is 3.05. The zero-order valence-electron chi connectivity index (χ0n) is 30.6. The molecule has 0 fully saturated rings. The van der Waals surface area contributed by atoms with Crippen LogP contribution in [0.2, 0.25) is 0 Å². The molecule has 2 unspecified atom stereocenters. The molecule has 0 heterocycles. The summed E-state index contributed by atoms with van der Waals surface area (Å²) >= 11 is 0. The smallest absolute Gasteiger partial charge is 0.267 e. The van der Waals surface area contributed by atoms with Gasteiger partial charge in [-0.05, 0) is 64.2 Å². The zero-order valence-corrected chi connectivity index (χ0v) is 31.4. The summed E-state index contributed by atoms with van der Waals surface area (Å²) in [6.07, 6.45) is 48.8. The Hall–Kier alpha value is -2.22. The second kappa shape index (κ2) is 34.6. The minimum absolute atomic E-state index is 0.270. The molecule has 2 atom stereocenters. The normalized spacial score (nSPS) is 14.2. The summed E-state index contributed by atoms with van der Waals surface area (Å²) in [5.41, 5.74) is 0. The van der Waals surface area contributed by atoms with Gasteiger partial charge in [0.05, 0.1) is 17.9 Å². The van der Waals surface area contributed by atoms with Crippen molar-refractivity contribution < 1.29 is 22.9 Å². The summed E-state index contributed by atoms with van der Waals surface area (Å²) in [7, 11) is -4.35. The number of aliphatic hydroxyl groups is 1. The van der Waals surface area contributed by atoms with E-state index in [4.69, 9.17) is 0 Å². The number of amides is 1. The van der Waals surface area contributed by atoms with Gasteiger partial charge >= 0.3 is 0 Å². The molecule has 3 N–H and O–H groups in total. The third-order valence-corrected chi connectivity index (χ3v) is 8.92. The standard InChI is InChI=1S/C41H71NO5S/c1-3-5-7-9-11-13-15-17-18-19-20-21-22-23-24-25-27-29-31-33-35-37-41(44)42-39(38-48(45,46)47)40(43)36-34-32-30-28-26-16-14-12-10-8-6-4-2/h5,7,11,13,17-18,20-21,23-24,34,36,39-40,43H,3-4,6,8-10,12,14-16,19,22,25-33,35,37-38H2,1-2H3,(H,42,44)(H,45,46,47)/b7-5-,13-11-,18-17-,21-20-,24-23-,36-34+. The van der Waals surface area contributed by atoms with Crippen LogP contribution in [0.25, 0.3) is 0 Å². The van der Waals surface area contributed by atoms with E-state index in [1.165, 1.54) is 51.4 Å². The Labute approximate surface area is 295 Å². The van der Waals surface area contributed by atoms with Gasteiger partial charge in [-0.2, -0.15) is 8.42 Å². The highest BCUT2D eigenvalue weighted by atomic mass is 32.2. The summed E-state index contributed by atoms with van der Waals surface area (Å²) < 4.78 is 32.4. The number of carbonyl (C=O) groups excluding carboxylic acids is 1. The monoisotopic (exact) mass is 690 g/mol. The molecular weight excluding hydrogens is 619 g/mol. The fraction of sp³-hybridized carbons (Fsp3) is 0.683. The molecule has 1 amide bonds. The van der Waals surface area contributed by atoms with Crippen molar-refractivity contribution in [3.8, 4) is 0 Å². The van der Waals surface area contributed by atoms with Crippen LogP contribution < -0.4 is 5.32 Å². The molecular formula is C41H71NO5S. The fourth-order valence-electron chi connectivity index (χ4n) is 5.30. The van der Waals surface area contributed by atoms with Crippen molar-refractivity contribution >= 4 is 16.0 Å². The Balaban J connectivity index is 4.01. The van der Waals surface area contributed by atoms with Crippen molar-refractivity contribution in [1.29, 1.82) is 0 Å². The number of rotatable bonds is 33. The highest BCUT2D eigenvalue weighted by molar-refractivity contribution is 7.85. The van der Waals surface area contributed by atoms with E-state index in [2.05, 4.69) is 79.9 Å². The molecule has 0 aromatic carbocycles. The van der Waals surface area contributed by atoms with Gasteiger partial charge in [0.25, 0.3) is 10.1 Å². The van der Waals surface area contributed by atoms with Crippen molar-refractivity contribution in [3.63, 3.8) is 0 Å². The van der Waals surface area contributed by atoms with Crippen LogP contribution >= 0.6 is 0 Å². The summed E-state index contributed by atoms with van der Waals surface area (Å²) in [5.74, 6) is -1.01. The molecule has 0 aliphatic heterocycles. The minimum atomic E-state index is -4.35. The van der Waals surface area contributed by atoms with Crippen LogP contribution in [0.1, 0.15) is 162 Å². The van der Waals surface area contributed by atoms with Crippen molar-refractivity contribution in [1.82, 2.24) is 5.32 Å². The third-order valence-electron chi connectivity index (χ3n) is 8.14. The summed E-state index contributed by atoms with van der Waals surface area (Å²) in [5, 5.41) is 13.2. The predicted molar refractivity (Wildman–Crippen MR) is 207 cm³/mol. The van der Waals surface area contributed by atoms with Crippen LogP contribution in [0.5, 0.6) is 0 Å². The van der Waals surface area contributed by atoms with Crippen LogP contribution in [0.15, 0.2) is 72.9 Å². The van der Waals surface area contributed by atoms with Gasteiger partial charge in [-0.1, -0.05) is 164 Å². The zero-order chi connectivity index (χ0) is 35.4. The van der Waals surface area contributed by atoms with E-state index >= 15 is 0 Å². The third kappa shape index (κ3) is 35.1. The molecule has 6 nitrogen and oxygen atoms in total. The Morgan fingerprint density at radius 1 is 0.583 bits per heavy atom. The summed E-state index contributed by atoms with van der Waals surface area (Å²) in [4.78, 5) is 12.5. The maximum atomic E-state index is 12.5. The molecule has 0 aliphatic carbocycles. The second-order valence-corrected chi connectivity index (χ2v) is 14.3. The first-order valence-electron chi connectivity index (χ1n) is 19.1. The molecule has 0 rings (SSSR count). The van der Waals surface area contributed by atoms with Crippen LogP contribution in [0, 0.1) is 0 Å². The molecule has 0 spiro atoms. The Bertz CT molecular complexity index is 1030. The van der Waals surface area contributed by atoms with Crippen LogP contribution in [0.4, 0.5) is 0 Å². The Morgan fingerprint density at radius 3 is 1.48 bits per heavy atom. The van der Waals surface area contributed by atoms with Gasteiger partial charge < -0.3 is 10.4 Å². The van der Waals surface area contributed by atoms with Crippen molar-refractivity contribution in [3.05, 3.63) is 72.9 Å². The first-order chi connectivity index (χ1) is 23.3. The number of carbonyl (C=O) groups is 1. The van der Waals surface area contributed by atoms with E-state index in [9.17, 15) is 22.9 Å². The fourth-order valence-corrected chi connectivity index (χ4v) is 6.03. The second-order valence-electron chi connectivity index (χ2n) is 12.8. The SMILES string of the molecule is CC/C=C\C/C=C\C/C=C\C/C=C\C/C=C\CCCCCCCC(=O)NC(CS(=O)(=O)O)C(O)/C=C/CCCCCCCCCCCC. The largest absolute Gasteiger partial charge is 0.387 e. The minimum Gasteiger partial charge on any atom is -0.387 e. The molecule has 0 saturated carbocycles. The van der Waals surface area contributed by atoms with E-state index in [-0.39, 0.29) is 12.3 Å². The first-order valence-corrected chi connectivity index (χ1v) is 20.7.